The number of phenolic OH excluding ortho intramolecular Hbond substituents is 1. The fraction of sp³-hybridized carbons (Fsp3) is 0.143. The molecule has 2 heterocycles. The first-order valence-corrected chi connectivity index (χ1v) is 6.76. The monoisotopic (exact) mass is 272 g/mol. The second-order valence-electron chi connectivity index (χ2n) is 4.41. The van der Waals surface area contributed by atoms with Crippen LogP contribution in [0.3, 0.4) is 0 Å². The highest BCUT2D eigenvalue weighted by Gasteiger charge is 2.15. The zero-order chi connectivity index (χ0) is 13.4. The van der Waals surface area contributed by atoms with Crippen LogP contribution in [0.4, 0.5) is 0 Å². The third-order valence-corrected chi connectivity index (χ3v) is 3.77. The minimum atomic E-state index is 0.150. The number of benzene rings is 1. The van der Waals surface area contributed by atoms with Gasteiger partial charge in [-0.15, -0.1) is 0 Å². The summed E-state index contributed by atoms with van der Waals surface area (Å²) < 4.78 is 5.23. The minimum absolute atomic E-state index is 0.150. The molecule has 3 rings (SSSR count). The zero-order valence-corrected chi connectivity index (χ0v) is 11.4. The van der Waals surface area contributed by atoms with Gasteiger partial charge in [-0.1, -0.05) is 11.2 Å². The van der Waals surface area contributed by atoms with Crippen molar-refractivity contribution in [3.05, 3.63) is 40.1 Å². The molecule has 0 saturated carbocycles. The van der Waals surface area contributed by atoms with Crippen molar-refractivity contribution in [1.82, 2.24) is 10.1 Å². The van der Waals surface area contributed by atoms with Gasteiger partial charge in [0.25, 0.3) is 5.89 Å². The van der Waals surface area contributed by atoms with Crippen LogP contribution in [0.2, 0.25) is 0 Å². The van der Waals surface area contributed by atoms with Gasteiger partial charge < -0.3 is 9.63 Å². The predicted octanol–water partition coefficient (Wildman–Crippen LogP) is 3.79. The number of hydrogen-bond donors (Lipinski definition) is 1. The van der Waals surface area contributed by atoms with E-state index in [4.69, 9.17) is 4.52 Å². The number of hydrogen-bond acceptors (Lipinski definition) is 5. The molecule has 0 spiro atoms. The lowest BCUT2D eigenvalue weighted by Crippen LogP contribution is -1.82. The molecule has 3 aromatic rings. The van der Waals surface area contributed by atoms with Crippen molar-refractivity contribution in [3.8, 4) is 28.6 Å². The summed E-state index contributed by atoms with van der Waals surface area (Å²) in [5.41, 5.74) is 3.61. The summed E-state index contributed by atoms with van der Waals surface area (Å²) >= 11 is 1.60. The average molecular weight is 272 g/mol. The van der Waals surface area contributed by atoms with Gasteiger partial charge in [0.15, 0.2) is 0 Å². The molecule has 0 saturated heterocycles. The second kappa shape index (κ2) is 4.51. The van der Waals surface area contributed by atoms with Crippen molar-refractivity contribution in [3.63, 3.8) is 0 Å². The second-order valence-corrected chi connectivity index (χ2v) is 5.16. The Morgan fingerprint density at radius 3 is 2.68 bits per heavy atom. The van der Waals surface area contributed by atoms with Gasteiger partial charge in [0, 0.05) is 10.9 Å². The molecule has 0 amide bonds. The highest BCUT2D eigenvalue weighted by atomic mass is 32.1. The third kappa shape index (κ3) is 2.13. The summed E-state index contributed by atoms with van der Waals surface area (Å²) in [6.07, 6.45) is 0. The summed E-state index contributed by atoms with van der Waals surface area (Å²) in [6, 6.07) is 5.35. The van der Waals surface area contributed by atoms with E-state index in [1.165, 1.54) is 0 Å². The highest BCUT2D eigenvalue weighted by molar-refractivity contribution is 7.08. The third-order valence-electron chi connectivity index (χ3n) is 2.91. The SMILES string of the molecule is Cc1ccc(-c2nc(-c3cscc3C)no2)c(O)c1. The van der Waals surface area contributed by atoms with Crippen LogP contribution in [0.1, 0.15) is 11.1 Å². The molecule has 1 aromatic carbocycles. The lowest BCUT2D eigenvalue weighted by atomic mass is 10.1. The molecule has 0 aliphatic heterocycles. The van der Waals surface area contributed by atoms with E-state index in [0.717, 1.165) is 16.7 Å². The number of phenols is 1. The Balaban J connectivity index is 2.04. The van der Waals surface area contributed by atoms with Crippen molar-refractivity contribution >= 4 is 11.3 Å². The van der Waals surface area contributed by atoms with E-state index in [-0.39, 0.29) is 5.75 Å². The molecule has 2 aromatic heterocycles. The number of aromatic hydroxyl groups is 1. The molecule has 4 nitrogen and oxygen atoms in total. The van der Waals surface area contributed by atoms with Crippen LogP contribution in [0.5, 0.6) is 5.75 Å². The minimum Gasteiger partial charge on any atom is -0.507 e. The molecule has 96 valence electrons. The van der Waals surface area contributed by atoms with E-state index in [1.54, 1.807) is 23.5 Å². The maximum Gasteiger partial charge on any atom is 0.261 e. The molecule has 0 bridgehead atoms. The van der Waals surface area contributed by atoms with Gasteiger partial charge in [-0.2, -0.15) is 16.3 Å². The van der Waals surface area contributed by atoms with Crippen molar-refractivity contribution in [2.45, 2.75) is 13.8 Å². The van der Waals surface area contributed by atoms with Crippen molar-refractivity contribution < 1.29 is 9.63 Å². The molecule has 19 heavy (non-hydrogen) atoms. The number of nitrogens with zero attached hydrogens (tertiary/aromatic N) is 2. The fourth-order valence-electron chi connectivity index (χ4n) is 1.85. The van der Waals surface area contributed by atoms with Crippen molar-refractivity contribution in [2.24, 2.45) is 0 Å². The standard InChI is InChI=1S/C14H12N2O2S/c1-8-3-4-10(12(17)5-8)14-15-13(16-18-14)11-7-19-6-9(11)2/h3-7,17H,1-2H3. The first kappa shape index (κ1) is 11.9. The first-order valence-electron chi connectivity index (χ1n) is 5.82. The van der Waals surface area contributed by atoms with Crippen molar-refractivity contribution in [1.29, 1.82) is 0 Å². The Morgan fingerprint density at radius 2 is 2.00 bits per heavy atom. The first-order chi connectivity index (χ1) is 9.15. The Morgan fingerprint density at radius 1 is 1.16 bits per heavy atom. The zero-order valence-electron chi connectivity index (χ0n) is 10.5. The molecular weight excluding hydrogens is 260 g/mol. The molecular formula is C14H12N2O2S. The molecule has 0 aliphatic rings. The van der Waals surface area contributed by atoms with E-state index in [0.29, 0.717) is 17.3 Å². The summed E-state index contributed by atoms with van der Waals surface area (Å²) in [5.74, 6) is 1.03. The summed E-state index contributed by atoms with van der Waals surface area (Å²) in [7, 11) is 0. The lowest BCUT2D eigenvalue weighted by molar-refractivity contribution is 0.425. The average Bonchev–Trinajstić information content (AvgIpc) is 2.97. The smallest absolute Gasteiger partial charge is 0.261 e. The molecule has 0 atom stereocenters. The molecule has 0 radical (unpaired) electrons. The number of aryl methyl sites for hydroxylation is 2. The Bertz CT molecular complexity index is 731. The van der Waals surface area contributed by atoms with E-state index in [2.05, 4.69) is 10.1 Å². The van der Waals surface area contributed by atoms with Crippen LogP contribution in [-0.4, -0.2) is 15.2 Å². The van der Waals surface area contributed by atoms with Crippen LogP contribution in [0.15, 0.2) is 33.5 Å². The Kier molecular flexibility index (Phi) is 2.83. The van der Waals surface area contributed by atoms with Gasteiger partial charge in [-0.05, 0) is 42.5 Å². The van der Waals surface area contributed by atoms with Crippen molar-refractivity contribution in [2.75, 3.05) is 0 Å². The van der Waals surface area contributed by atoms with Gasteiger partial charge >= 0.3 is 0 Å². The van der Waals surface area contributed by atoms with Crippen LogP contribution >= 0.6 is 11.3 Å². The van der Waals surface area contributed by atoms with Crippen LogP contribution in [0.25, 0.3) is 22.8 Å². The van der Waals surface area contributed by atoms with Gasteiger partial charge in [0.05, 0.1) is 5.56 Å². The molecule has 0 aliphatic carbocycles. The summed E-state index contributed by atoms with van der Waals surface area (Å²) in [5, 5.41) is 17.9. The van der Waals surface area contributed by atoms with Crippen LogP contribution in [-0.2, 0) is 0 Å². The van der Waals surface area contributed by atoms with E-state index in [9.17, 15) is 5.11 Å². The molecule has 0 unspecified atom stereocenters. The quantitative estimate of drug-likeness (QED) is 0.771. The number of rotatable bonds is 2. The van der Waals surface area contributed by atoms with Gasteiger partial charge in [-0.25, -0.2) is 0 Å². The normalized spacial score (nSPS) is 10.8. The number of aromatic nitrogens is 2. The Labute approximate surface area is 114 Å². The predicted molar refractivity (Wildman–Crippen MR) is 74.2 cm³/mol. The Hall–Kier alpha value is -2.14. The summed E-state index contributed by atoms with van der Waals surface area (Å²) in [6.45, 7) is 3.92. The molecule has 0 fully saturated rings. The highest BCUT2D eigenvalue weighted by Crippen LogP contribution is 2.31. The number of thiophene rings is 1. The molecule has 1 N–H and O–H groups in total. The van der Waals surface area contributed by atoms with E-state index in [1.807, 2.05) is 30.7 Å². The fourth-order valence-corrected chi connectivity index (χ4v) is 2.68. The van der Waals surface area contributed by atoms with Crippen LogP contribution < -0.4 is 0 Å². The topological polar surface area (TPSA) is 59.2 Å². The largest absolute Gasteiger partial charge is 0.507 e. The van der Waals surface area contributed by atoms with Gasteiger partial charge in [0.1, 0.15) is 5.75 Å². The van der Waals surface area contributed by atoms with E-state index < -0.39 is 0 Å². The summed E-state index contributed by atoms with van der Waals surface area (Å²) in [4.78, 5) is 4.34. The lowest BCUT2D eigenvalue weighted by Gasteiger charge is -1.99. The van der Waals surface area contributed by atoms with Crippen LogP contribution in [0, 0.1) is 13.8 Å². The van der Waals surface area contributed by atoms with Gasteiger partial charge in [-0.3, -0.25) is 0 Å². The van der Waals surface area contributed by atoms with Gasteiger partial charge in [0.2, 0.25) is 5.82 Å². The van der Waals surface area contributed by atoms with E-state index >= 15 is 0 Å². The maximum absolute atomic E-state index is 9.91. The molecule has 5 heteroatoms. The maximum atomic E-state index is 9.91.